The molecule has 0 spiro atoms. The van der Waals surface area contributed by atoms with Gasteiger partial charge >= 0.3 is 0 Å². The molecule has 0 radical (unpaired) electrons. The number of carbonyl (C=O) groups is 2. The van der Waals surface area contributed by atoms with Gasteiger partial charge in [-0.25, -0.2) is 0 Å². The molecule has 1 atom stereocenters. The zero-order chi connectivity index (χ0) is 13.1. The van der Waals surface area contributed by atoms with Gasteiger partial charge in [-0.1, -0.05) is 12.1 Å². The average Bonchev–Trinajstić information content (AvgIpc) is 2.50. The molecule has 1 unspecified atom stereocenters. The van der Waals surface area contributed by atoms with E-state index in [0.717, 1.165) is 10.6 Å². The van der Waals surface area contributed by atoms with E-state index in [1.807, 2.05) is 30.5 Å². The number of nitrogens with zero attached hydrogens (tertiary/aromatic N) is 1. The van der Waals surface area contributed by atoms with Crippen molar-refractivity contribution in [3.05, 3.63) is 24.3 Å². The van der Waals surface area contributed by atoms with Gasteiger partial charge in [0.2, 0.25) is 11.8 Å². The first-order chi connectivity index (χ1) is 8.63. The van der Waals surface area contributed by atoms with Crippen molar-refractivity contribution in [3.8, 4) is 0 Å². The third-order valence-corrected chi connectivity index (χ3v) is 3.74. The molecule has 1 heterocycles. The summed E-state index contributed by atoms with van der Waals surface area (Å²) >= 11 is 1.60. The number of rotatable bonds is 2. The van der Waals surface area contributed by atoms with Crippen LogP contribution in [0.1, 0.15) is 13.3 Å². The van der Waals surface area contributed by atoms with Gasteiger partial charge in [0, 0.05) is 17.9 Å². The first kappa shape index (κ1) is 13.0. The lowest BCUT2D eigenvalue weighted by Crippen LogP contribution is -2.42. The average molecular weight is 264 g/mol. The van der Waals surface area contributed by atoms with E-state index in [-0.39, 0.29) is 11.8 Å². The Kier molecular flexibility index (Phi) is 3.91. The van der Waals surface area contributed by atoms with Gasteiger partial charge in [0.1, 0.15) is 6.04 Å². The molecular formula is C13H16N2O2S. The van der Waals surface area contributed by atoms with Crippen molar-refractivity contribution in [2.24, 2.45) is 0 Å². The van der Waals surface area contributed by atoms with Gasteiger partial charge in [-0.3, -0.25) is 9.59 Å². The van der Waals surface area contributed by atoms with E-state index in [1.54, 1.807) is 23.6 Å². The number of nitrogens with one attached hydrogen (secondary N) is 1. The maximum absolute atomic E-state index is 12.3. The predicted molar refractivity (Wildman–Crippen MR) is 72.8 cm³/mol. The molecule has 18 heavy (non-hydrogen) atoms. The third-order valence-electron chi connectivity index (χ3n) is 2.95. The fraction of sp³-hybridized carbons (Fsp3) is 0.385. The Morgan fingerprint density at radius 1 is 1.33 bits per heavy atom. The molecule has 0 bridgehead atoms. The summed E-state index contributed by atoms with van der Waals surface area (Å²) in [5, 5.41) is 2.69. The van der Waals surface area contributed by atoms with Crippen LogP contribution in [0, 0.1) is 0 Å². The van der Waals surface area contributed by atoms with E-state index in [9.17, 15) is 9.59 Å². The Hall–Kier alpha value is -1.49. The number of thioether (sulfide) groups is 1. The first-order valence-electron chi connectivity index (χ1n) is 5.87. The summed E-state index contributed by atoms with van der Waals surface area (Å²) in [7, 11) is 0. The minimum atomic E-state index is -0.463. The van der Waals surface area contributed by atoms with Crippen LogP contribution in [0.4, 0.5) is 5.69 Å². The van der Waals surface area contributed by atoms with Crippen molar-refractivity contribution in [1.29, 1.82) is 0 Å². The van der Waals surface area contributed by atoms with Crippen LogP contribution in [0.5, 0.6) is 0 Å². The largest absolute Gasteiger partial charge is 0.345 e. The van der Waals surface area contributed by atoms with E-state index in [0.29, 0.717) is 13.0 Å². The van der Waals surface area contributed by atoms with Gasteiger partial charge < -0.3 is 10.2 Å². The number of benzene rings is 1. The third kappa shape index (κ3) is 2.51. The topological polar surface area (TPSA) is 49.4 Å². The Morgan fingerprint density at radius 2 is 2.06 bits per heavy atom. The van der Waals surface area contributed by atoms with Crippen molar-refractivity contribution in [3.63, 3.8) is 0 Å². The summed E-state index contributed by atoms with van der Waals surface area (Å²) in [5.74, 6) is -0.123. The first-order valence-corrected chi connectivity index (χ1v) is 7.09. The van der Waals surface area contributed by atoms with Crippen LogP contribution in [-0.2, 0) is 9.59 Å². The molecule has 0 aromatic heterocycles. The van der Waals surface area contributed by atoms with Crippen LogP contribution in [0.25, 0.3) is 0 Å². The lowest BCUT2D eigenvalue weighted by Gasteiger charge is -2.24. The number of anilines is 1. The van der Waals surface area contributed by atoms with Crippen LogP contribution >= 0.6 is 11.8 Å². The highest BCUT2D eigenvalue weighted by Gasteiger charge is 2.28. The van der Waals surface area contributed by atoms with E-state index in [2.05, 4.69) is 5.32 Å². The molecule has 1 aromatic carbocycles. The van der Waals surface area contributed by atoms with E-state index < -0.39 is 6.04 Å². The number of amides is 2. The van der Waals surface area contributed by atoms with E-state index in [1.165, 1.54) is 0 Å². The molecule has 1 aromatic rings. The highest BCUT2D eigenvalue weighted by atomic mass is 32.2. The minimum Gasteiger partial charge on any atom is -0.345 e. The van der Waals surface area contributed by atoms with Crippen LogP contribution in [0.3, 0.4) is 0 Å². The van der Waals surface area contributed by atoms with Crippen molar-refractivity contribution in [2.75, 3.05) is 17.7 Å². The summed E-state index contributed by atoms with van der Waals surface area (Å²) in [4.78, 5) is 26.5. The lowest BCUT2D eigenvalue weighted by molar-refractivity contribution is -0.125. The molecule has 0 saturated carbocycles. The SMILES string of the molecule is CSc1ccccc1N1CCC(=O)NC(C)C1=O. The van der Waals surface area contributed by atoms with Gasteiger partial charge in [-0.2, -0.15) is 0 Å². The van der Waals surface area contributed by atoms with Crippen LogP contribution in [-0.4, -0.2) is 30.7 Å². The van der Waals surface area contributed by atoms with Crippen LogP contribution in [0.2, 0.25) is 0 Å². The molecule has 0 aliphatic carbocycles. The highest BCUT2D eigenvalue weighted by Crippen LogP contribution is 2.29. The van der Waals surface area contributed by atoms with Gasteiger partial charge in [-0.15, -0.1) is 11.8 Å². The monoisotopic (exact) mass is 264 g/mol. The standard InChI is InChI=1S/C13H16N2O2S/c1-9-13(17)15(8-7-12(16)14-9)10-5-3-4-6-11(10)18-2/h3-6,9H,7-8H2,1-2H3,(H,14,16). The zero-order valence-corrected chi connectivity index (χ0v) is 11.3. The molecule has 96 valence electrons. The van der Waals surface area contributed by atoms with Gasteiger partial charge in [0.05, 0.1) is 5.69 Å². The zero-order valence-electron chi connectivity index (χ0n) is 10.5. The molecule has 1 fully saturated rings. The van der Waals surface area contributed by atoms with Crippen molar-refractivity contribution in [1.82, 2.24) is 5.32 Å². The van der Waals surface area contributed by atoms with E-state index in [4.69, 9.17) is 0 Å². The predicted octanol–water partition coefficient (Wildman–Crippen LogP) is 1.65. The molecule has 1 aliphatic rings. The molecule has 4 nitrogen and oxygen atoms in total. The number of hydrogen-bond acceptors (Lipinski definition) is 3. The number of para-hydroxylation sites is 1. The molecular weight excluding hydrogens is 248 g/mol. The Balaban J connectivity index is 2.36. The van der Waals surface area contributed by atoms with Gasteiger partial charge in [0.25, 0.3) is 0 Å². The lowest BCUT2D eigenvalue weighted by atomic mass is 10.2. The summed E-state index contributed by atoms with van der Waals surface area (Å²) < 4.78 is 0. The minimum absolute atomic E-state index is 0.0534. The second-order valence-electron chi connectivity index (χ2n) is 4.20. The normalized spacial score (nSPS) is 20.6. The fourth-order valence-electron chi connectivity index (χ4n) is 2.02. The maximum Gasteiger partial charge on any atom is 0.249 e. The van der Waals surface area contributed by atoms with Crippen LogP contribution < -0.4 is 10.2 Å². The smallest absolute Gasteiger partial charge is 0.249 e. The van der Waals surface area contributed by atoms with Crippen molar-refractivity contribution < 1.29 is 9.59 Å². The van der Waals surface area contributed by atoms with Gasteiger partial charge in [-0.05, 0) is 25.3 Å². The maximum atomic E-state index is 12.3. The van der Waals surface area contributed by atoms with Crippen LogP contribution in [0.15, 0.2) is 29.2 Å². The Labute approximate surface area is 111 Å². The molecule has 1 saturated heterocycles. The van der Waals surface area contributed by atoms with Crippen molar-refractivity contribution in [2.45, 2.75) is 24.3 Å². The molecule has 2 rings (SSSR count). The second kappa shape index (κ2) is 5.44. The Bertz CT molecular complexity index is 476. The summed E-state index contributed by atoms with van der Waals surface area (Å²) in [6.07, 6.45) is 2.33. The number of carbonyl (C=O) groups excluding carboxylic acids is 2. The molecule has 2 amide bonds. The van der Waals surface area contributed by atoms with Crippen molar-refractivity contribution >= 4 is 29.3 Å². The summed E-state index contributed by atoms with van der Waals surface area (Å²) in [6.45, 7) is 2.16. The summed E-state index contributed by atoms with van der Waals surface area (Å²) in [6, 6.07) is 7.30. The Morgan fingerprint density at radius 3 is 2.78 bits per heavy atom. The fourth-order valence-corrected chi connectivity index (χ4v) is 2.63. The second-order valence-corrected chi connectivity index (χ2v) is 5.05. The quantitative estimate of drug-likeness (QED) is 0.826. The molecule has 5 heteroatoms. The van der Waals surface area contributed by atoms with E-state index >= 15 is 0 Å². The number of hydrogen-bond donors (Lipinski definition) is 1. The summed E-state index contributed by atoms with van der Waals surface area (Å²) in [5.41, 5.74) is 0.887. The molecule has 1 aliphatic heterocycles. The highest BCUT2D eigenvalue weighted by molar-refractivity contribution is 7.98. The molecule has 1 N–H and O–H groups in total. The van der Waals surface area contributed by atoms with Gasteiger partial charge in [0.15, 0.2) is 0 Å².